The molecular formula is C23H25FN6O3S. The van der Waals surface area contributed by atoms with Gasteiger partial charge >= 0.3 is 0 Å². The molecule has 0 spiro atoms. The first-order valence-electron chi connectivity index (χ1n) is 10.8. The first kappa shape index (κ1) is 23.6. The van der Waals surface area contributed by atoms with Crippen LogP contribution in [-0.4, -0.2) is 48.6 Å². The Kier molecular flexibility index (Phi) is 6.73. The zero-order chi connectivity index (χ0) is 24.3. The molecule has 9 nitrogen and oxygen atoms in total. The highest BCUT2D eigenvalue weighted by atomic mass is 32.2. The summed E-state index contributed by atoms with van der Waals surface area (Å²) in [6.07, 6.45) is 6.42. The maximum absolute atomic E-state index is 14.5. The van der Waals surface area contributed by atoms with E-state index in [4.69, 9.17) is 0 Å². The number of benzene rings is 1. The maximum atomic E-state index is 14.5. The van der Waals surface area contributed by atoms with Crippen LogP contribution in [0.25, 0.3) is 11.1 Å². The molecule has 5 rings (SSSR count). The second kappa shape index (κ2) is 9.72. The van der Waals surface area contributed by atoms with Crippen molar-refractivity contribution in [2.75, 3.05) is 30.0 Å². The molecule has 2 aliphatic rings. The Balaban J connectivity index is 1.80. The predicted octanol–water partition coefficient (Wildman–Crippen LogP) is 3.46. The average molecular weight is 485 g/mol. The van der Waals surface area contributed by atoms with Crippen LogP contribution in [0.5, 0.6) is 0 Å². The van der Waals surface area contributed by atoms with Gasteiger partial charge in [0.05, 0.1) is 16.1 Å². The van der Waals surface area contributed by atoms with E-state index in [-0.39, 0.29) is 22.1 Å². The molecule has 34 heavy (non-hydrogen) atoms. The minimum Gasteiger partial charge on any atom is -0.370 e. The number of anilines is 3. The molecular weight excluding hydrogens is 459 g/mol. The molecule has 0 fully saturated rings. The lowest BCUT2D eigenvalue weighted by atomic mass is 10.0. The van der Waals surface area contributed by atoms with Crippen LogP contribution in [0.15, 0.2) is 41.6 Å². The van der Waals surface area contributed by atoms with E-state index in [2.05, 4.69) is 30.9 Å². The van der Waals surface area contributed by atoms with Crippen LogP contribution < -0.4 is 16.0 Å². The SMILES string of the molecule is Cc1cnc2nc1NCCCCCNC(=O)c1ccc(cc1S(C)(=O)=O)-c1cnc(F)c(c1)N2. The minimum atomic E-state index is -3.71. The topological polar surface area (TPSA) is 126 Å². The largest absolute Gasteiger partial charge is 0.370 e. The van der Waals surface area contributed by atoms with Crippen LogP contribution in [0.2, 0.25) is 0 Å². The molecule has 1 aromatic carbocycles. The fourth-order valence-electron chi connectivity index (χ4n) is 3.62. The van der Waals surface area contributed by atoms with Gasteiger partial charge in [0.1, 0.15) is 5.82 Å². The van der Waals surface area contributed by atoms with Crippen molar-refractivity contribution in [1.29, 1.82) is 0 Å². The van der Waals surface area contributed by atoms with E-state index in [1.807, 2.05) is 6.92 Å². The van der Waals surface area contributed by atoms with Crippen molar-refractivity contribution in [2.45, 2.75) is 31.1 Å². The molecule has 0 saturated heterocycles. The lowest BCUT2D eigenvalue weighted by molar-refractivity contribution is 0.0949. The molecule has 0 unspecified atom stereocenters. The van der Waals surface area contributed by atoms with Crippen LogP contribution in [0.4, 0.5) is 21.8 Å². The molecule has 2 aromatic heterocycles. The summed E-state index contributed by atoms with van der Waals surface area (Å²) in [6.45, 7) is 2.97. The zero-order valence-electron chi connectivity index (χ0n) is 18.9. The maximum Gasteiger partial charge on any atom is 0.252 e. The van der Waals surface area contributed by atoms with Gasteiger partial charge in [-0.3, -0.25) is 4.79 Å². The Morgan fingerprint density at radius 2 is 1.74 bits per heavy atom. The molecule has 0 radical (unpaired) electrons. The highest BCUT2D eigenvalue weighted by Gasteiger charge is 2.20. The van der Waals surface area contributed by atoms with Gasteiger partial charge in [0.2, 0.25) is 11.9 Å². The van der Waals surface area contributed by atoms with Gasteiger partial charge in [0, 0.05) is 42.9 Å². The third kappa shape index (κ3) is 5.30. The molecule has 178 valence electrons. The normalized spacial score (nSPS) is 14.7. The van der Waals surface area contributed by atoms with Crippen molar-refractivity contribution in [3.05, 3.63) is 53.7 Å². The molecule has 6 bridgehead atoms. The molecule has 0 saturated carbocycles. The Bertz CT molecular complexity index is 1350. The van der Waals surface area contributed by atoms with E-state index in [9.17, 15) is 17.6 Å². The van der Waals surface area contributed by atoms with Gasteiger partial charge < -0.3 is 16.0 Å². The van der Waals surface area contributed by atoms with Gasteiger partial charge in [-0.15, -0.1) is 0 Å². The fraction of sp³-hybridized carbons (Fsp3) is 0.304. The van der Waals surface area contributed by atoms with E-state index >= 15 is 0 Å². The van der Waals surface area contributed by atoms with Crippen LogP contribution >= 0.6 is 0 Å². The summed E-state index contributed by atoms with van der Waals surface area (Å²) >= 11 is 0. The number of sulfone groups is 1. The lowest BCUT2D eigenvalue weighted by Gasteiger charge is -2.12. The zero-order valence-corrected chi connectivity index (χ0v) is 19.7. The van der Waals surface area contributed by atoms with E-state index < -0.39 is 21.7 Å². The highest BCUT2D eigenvalue weighted by Crippen LogP contribution is 2.29. The smallest absolute Gasteiger partial charge is 0.252 e. The predicted molar refractivity (Wildman–Crippen MR) is 127 cm³/mol. The molecule has 1 amide bonds. The van der Waals surface area contributed by atoms with E-state index in [1.54, 1.807) is 12.3 Å². The molecule has 2 aliphatic heterocycles. The minimum absolute atomic E-state index is 0.0351. The van der Waals surface area contributed by atoms with Gasteiger partial charge in [-0.2, -0.15) is 9.37 Å². The molecule has 0 aliphatic carbocycles. The molecule has 11 heteroatoms. The summed E-state index contributed by atoms with van der Waals surface area (Å²) in [5, 5.41) is 8.91. The van der Waals surface area contributed by atoms with Gasteiger partial charge in [-0.1, -0.05) is 6.07 Å². The number of hydrogen-bond acceptors (Lipinski definition) is 8. The summed E-state index contributed by atoms with van der Waals surface area (Å²) in [5.74, 6) is -0.371. The molecule has 0 atom stereocenters. The van der Waals surface area contributed by atoms with Crippen molar-refractivity contribution < 1.29 is 17.6 Å². The summed E-state index contributed by atoms with van der Waals surface area (Å²) < 4.78 is 39.4. The number of aryl methyl sites for hydroxylation is 1. The number of pyridine rings is 1. The monoisotopic (exact) mass is 484 g/mol. The first-order valence-corrected chi connectivity index (χ1v) is 12.7. The quantitative estimate of drug-likeness (QED) is 0.449. The number of carbonyl (C=O) groups is 1. The fourth-order valence-corrected chi connectivity index (χ4v) is 4.52. The molecule has 3 N–H and O–H groups in total. The van der Waals surface area contributed by atoms with Gasteiger partial charge in [0.25, 0.3) is 5.91 Å². The lowest BCUT2D eigenvalue weighted by Crippen LogP contribution is -2.26. The summed E-state index contributed by atoms with van der Waals surface area (Å²) in [7, 11) is -3.71. The highest BCUT2D eigenvalue weighted by molar-refractivity contribution is 7.90. The number of carbonyl (C=O) groups excluding carboxylic acids is 1. The van der Waals surface area contributed by atoms with Crippen molar-refractivity contribution >= 4 is 33.2 Å². The average Bonchev–Trinajstić information content (AvgIpc) is 2.80. The number of nitrogens with zero attached hydrogens (tertiary/aromatic N) is 3. The second-order valence-corrected chi connectivity index (χ2v) is 10.1. The van der Waals surface area contributed by atoms with Crippen molar-refractivity contribution in [1.82, 2.24) is 20.3 Å². The third-order valence-corrected chi connectivity index (χ3v) is 6.58. The van der Waals surface area contributed by atoms with Gasteiger partial charge in [-0.05, 0) is 49.9 Å². The van der Waals surface area contributed by atoms with E-state index in [0.717, 1.165) is 31.1 Å². The number of nitrogens with one attached hydrogen (secondary N) is 3. The summed E-state index contributed by atoms with van der Waals surface area (Å²) in [6, 6.07) is 5.97. The number of aromatic nitrogens is 3. The molecule has 4 heterocycles. The Morgan fingerprint density at radius 1 is 0.971 bits per heavy atom. The van der Waals surface area contributed by atoms with Gasteiger partial charge in [0.15, 0.2) is 9.84 Å². The third-order valence-electron chi connectivity index (χ3n) is 5.45. The number of hydrogen-bond donors (Lipinski definition) is 3. The summed E-state index contributed by atoms with van der Waals surface area (Å²) in [4.78, 5) is 25.1. The number of fused-ring (bicyclic) bond motifs is 9. The standard InChI is InChI=1S/C23H25FN6O3S/c1-14-12-28-23-29-18-10-16(13-27-20(18)24)15-6-7-17(19(11-15)34(2,32)33)22(31)26-9-5-3-4-8-25-21(14)30-23/h6-7,10-13H,3-5,8-9H2,1-2H3,(H,26,31)(H2,25,28,29,30). The van der Waals surface area contributed by atoms with Gasteiger partial charge in [-0.25, -0.2) is 18.4 Å². The Labute approximate surface area is 197 Å². The van der Waals surface area contributed by atoms with Crippen molar-refractivity contribution in [3.63, 3.8) is 0 Å². The van der Waals surface area contributed by atoms with Crippen LogP contribution in [0.1, 0.15) is 35.2 Å². The number of amides is 1. The Morgan fingerprint density at radius 3 is 2.50 bits per heavy atom. The first-order chi connectivity index (χ1) is 16.2. The van der Waals surface area contributed by atoms with Crippen LogP contribution in [0, 0.1) is 12.9 Å². The molecule has 3 aromatic rings. The van der Waals surface area contributed by atoms with Crippen molar-refractivity contribution in [2.24, 2.45) is 0 Å². The number of halogens is 1. The second-order valence-electron chi connectivity index (χ2n) is 8.14. The number of rotatable bonds is 1. The van der Waals surface area contributed by atoms with Crippen LogP contribution in [0.3, 0.4) is 0 Å². The van der Waals surface area contributed by atoms with Crippen LogP contribution in [-0.2, 0) is 9.84 Å². The Hall–Kier alpha value is -3.60. The summed E-state index contributed by atoms with van der Waals surface area (Å²) in [5.41, 5.74) is 1.89. The van der Waals surface area contributed by atoms with Crippen molar-refractivity contribution in [3.8, 4) is 11.1 Å². The van der Waals surface area contributed by atoms with E-state index in [1.165, 1.54) is 24.4 Å². The van der Waals surface area contributed by atoms with E-state index in [0.29, 0.717) is 30.0 Å².